The highest BCUT2D eigenvalue weighted by Crippen LogP contribution is 2.26. The Morgan fingerprint density at radius 3 is 3.20 bits per heavy atom. The number of rotatable bonds is 3. The Labute approximate surface area is 127 Å². The minimum Gasteiger partial charge on any atom is -0.328 e. The van der Waals surface area contributed by atoms with Gasteiger partial charge in [-0.05, 0) is 42.0 Å². The lowest BCUT2D eigenvalue weighted by molar-refractivity contribution is 0.219. The van der Waals surface area contributed by atoms with Gasteiger partial charge in [0, 0.05) is 29.1 Å². The molecule has 1 aliphatic heterocycles. The molecule has 0 atom stereocenters. The van der Waals surface area contributed by atoms with E-state index in [-0.39, 0.29) is 5.24 Å². The Bertz CT molecular complexity index is 583. The van der Waals surface area contributed by atoms with Crippen LogP contribution in [0.15, 0.2) is 35.8 Å². The Kier molecular flexibility index (Phi) is 4.38. The van der Waals surface area contributed by atoms with Crippen LogP contribution in [-0.2, 0) is 19.4 Å². The van der Waals surface area contributed by atoms with Gasteiger partial charge in [-0.1, -0.05) is 17.8 Å². The lowest BCUT2D eigenvalue weighted by Crippen LogP contribution is -2.32. The quantitative estimate of drug-likeness (QED) is 0.868. The summed E-state index contributed by atoms with van der Waals surface area (Å²) in [7, 11) is 0. The van der Waals surface area contributed by atoms with Crippen molar-refractivity contribution in [2.24, 2.45) is 0 Å². The maximum atomic E-state index is 12.2. The van der Waals surface area contributed by atoms with Crippen molar-refractivity contribution < 1.29 is 4.79 Å². The lowest BCUT2D eigenvalue weighted by Gasteiger charge is -2.26. The highest BCUT2D eigenvalue weighted by atomic mass is 32.2. The van der Waals surface area contributed by atoms with Crippen molar-refractivity contribution in [1.82, 2.24) is 9.88 Å². The summed E-state index contributed by atoms with van der Waals surface area (Å²) in [6, 6.07) is 8.08. The zero-order valence-electron chi connectivity index (χ0n) is 11.1. The van der Waals surface area contributed by atoms with Gasteiger partial charge in [0.05, 0.1) is 6.54 Å². The lowest BCUT2D eigenvalue weighted by atomic mass is 10.1. The van der Waals surface area contributed by atoms with Gasteiger partial charge >= 0.3 is 0 Å². The Balaban J connectivity index is 1.48. The van der Waals surface area contributed by atoms with E-state index < -0.39 is 0 Å². The number of aryl methyl sites for hydroxylation is 1. The van der Waals surface area contributed by atoms with Crippen LogP contribution in [0.3, 0.4) is 0 Å². The summed E-state index contributed by atoms with van der Waals surface area (Å²) >= 11 is 3.16. The molecule has 0 radical (unpaired) electrons. The second-order valence-electron chi connectivity index (χ2n) is 4.73. The Morgan fingerprint density at radius 1 is 1.40 bits per heavy atom. The van der Waals surface area contributed by atoms with Crippen LogP contribution in [0.5, 0.6) is 0 Å². The van der Waals surface area contributed by atoms with E-state index >= 15 is 0 Å². The van der Waals surface area contributed by atoms with Gasteiger partial charge in [0.1, 0.15) is 0 Å². The monoisotopic (exact) mass is 304 g/mol. The molecule has 104 valence electrons. The summed E-state index contributed by atoms with van der Waals surface area (Å²) < 4.78 is 0. The van der Waals surface area contributed by atoms with E-state index in [2.05, 4.69) is 16.4 Å². The molecule has 3 nitrogen and oxygen atoms in total. The molecule has 0 aromatic carbocycles. The number of pyridine rings is 1. The molecule has 5 heteroatoms. The van der Waals surface area contributed by atoms with Gasteiger partial charge in [-0.3, -0.25) is 9.78 Å². The predicted octanol–water partition coefficient (Wildman–Crippen LogP) is 3.60. The van der Waals surface area contributed by atoms with Crippen molar-refractivity contribution >= 4 is 28.3 Å². The molecule has 2 aromatic heterocycles. The first-order valence-corrected chi connectivity index (χ1v) is 8.56. The molecule has 2 aromatic rings. The van der Waals surface area contributed by atoms with Gasteiger partial charge in [-0.25, -0.2) is 0 Å². The van der Waals surface area contributed by atoms with Gasteiger partial charge in [0.15, 0.2) is 0 Å². The van der Waals surface area contributed by atoms with Crippen molar-refractivity contribution in [1.29, 1.82) is 0 Å². The maximum Gasteiger partial charge on any atom is 0.281 e. The van der Waals surface area contributed by atoms with Crippen LogP contribution in [0.25, 0.3) is 0 Å². The van der Waals surface area contributed by atoms with Crippen LogP contribution in [0.2, 0.25) is 0 Å². The van der Waals surface area contributed by atoms with Gasteiger partial charge in [0.25, 0.3) is 5.24 Å². The van der Waals surface area contributed by atoms with Crippen molar-refractivity contribution in [3.05, 3.63) is 52.0 Å². The van der Waals surface area contributed by atoms with Crippen molar-refractivity contribution in [2.45, 2.75) is 19.4 Å². The molecule has 0 fully saturated rings. The van der Waals surface area contributed by atoms with Gasteiger partial charge in [0.2, 0.25) is 0 Å². The zero-order chi connectivity index (χ0) is 13.8. The molecule has 0 N–H and O–H groups in total. The largest absolute Gasteiger partial charge is 0.328 e. The number of carbonyl (C=O) groups is 1. The minimum absolute atomic E-state index is 0.194. The van der Waals surface area contributed by atoms with Crippen LogP contribution in [0.1, 0.15) is 16.1 Å². The number of aromatic nitrogens is 1. The van der Waals surface area contributed by atoms with E-state index in [4.69, 9.17) is 0 Å². The summed E-state index contributed by atoms with van der Waals surface area (Å²) in [6.45, 7) is 1.63. The zero-order valence-corrected chi connectivity index (χ0v) is 12.8. The number of amides is 1. The van der Waals surface area contributed by atoms with Crippen LogP contribution in [0.4, 0.5) is 4.79 Å². The Morgan fingerprint density at radius 2 is 2.35 bits per heavy atom. The number of hydrogen-bond donors (Lipinski definition) is 0. The molecule has 20 heavy (non-hydrogen) atoms. The van der Waals surface area contributed by atoms with Crippen LogP contribution >= 0.6 is 23.1 Å². The molecule has 0 saturated heterocycles. The third-order valence-corrected chi connectivity index (χ3v) is 5.25. The molecule has 3 heterocycles. The topological polar surface area (TPSA) is 33.2 Å². The second kappa shape index (κ2) is 6.41. The summed E-state index contributed by atoms with van der Waals surface area (Å²) in [5.74, 6) is 0.795. The summed E-state index contributed by atoms with van der Waals surface area (Å²) in [5.41, 5.74) is 2.46. The van der Waals surface area contributed by atoms with E-state index in [0.717, 1.165) is 37.4 Å². The molecule has 0 saturated carbocycles. The first-order chi connectivity index (χ1) is 9.83. The van der Waals surface area contributed by atoms with Crippen LogP contribution in [0, 0.1) is 0 Å². The van der Waals surface area contributed by atoms with Crippen molar-refractivity contribution in [3.8, 4) is 0 Å². The molecule has 3 rings (SSSR count). The van der Waals surface area contributed by atoms with Gasteiger partial charge in [-0.2, -0.15) is 0 Å². The van der Waals surface area contributed by atoms with Crippen molar-refractivity contribution in [2.75, 3.05) is 12.3 Å². The average Bonchev–Trinajstić information content (AvgIpc) is 2.95. The van der Waals surface area contributed by atoms with Gasteiger partial charge < -0.3 is 4.90 Å². The third kappa shape index (κ3) is 3.22. The normalized spacial score (nSPS) is 14.1. The number of thiophene rings is 1. The first-order valence-electron chi connectivity index (χ1n) is 6.70. The minimum atomic E-state index is 0.194. The van der Waals surface area contributed by atoms with E-state index in [9.17, 15) is 4.79 Å². The number of fused-ring (bicyclic) bond motifs is 1. The number of hydrogen-bond acceptors (Lipinski definition) is 4. The SMILES string of the molecule is O=C(SCCc1ccccn1)N1CCc2ccsc2C1. The molecule has 0 spiro atoms. The fourth-order valence-corrected chi connectivity index (χ4v) is 4.05. The summed E-state index contributed by atoms with van der Waals surface area (Å²) in [6.07, 6.45) is 3.63. The van der Waals surface area contributed by atoms with Crippen LogP contribution < -0.4 is 0 Å². The van der Waals surface area contributed by atoms with E-state index in [1.165, 1.54) is 22.2 Å². The summed E-state index contributed by atoms with van der Waals surface area (Å²) in [4.78, 5) is 19.8. The standard InChI is InChI=1S/C15H16N2OS2/c18-15(20-10-6-13-3-1-2-7-16-13)17-8-4-12-5-9-19-14(12)11-17/h1-3,5,7,9H,4,6,8,10-11H2. The van der Waals surface area contributed by atoms with E-state index in [1.807, 2.05) is 23.1 Å². The highest BCUT2D eigenvalue weighted by Gasteiger charge is 2.21. The number of carbonyl (C=O) groups excluding carboxylic acids is 1. The second-order valence-corrected chi connectivity index (χ2v) is 6.77. The van der Waals surface area contributed by atoms with Gasteiger partial charge in [-0.15, -0.1) is 11.3 Å². The summed E-state index contributed by atoms with van der Waals surface area (Å²) in [5, 5.41) is 2.31. The molecular weight excluding hydrogens is 288 g/mol. The number of thioether (sulfide) groups is 1. The molecule has 1 aliphatic rings. The third-order valence-electron chi connectivity index (χ3n) is 3.39. The fourth-order valence-electron chi connectivity index (χ4n) is 2.27. The Hall–Kier alpha value is -1.33. The van der Waals surface area contributed by atoms with Crippen LogP contribution in [-0.4, -0.2) is 27.4 Å². The predicted molar refractivity (Wildman–Crippen MR) is 84.2 cm³/mol. The fraction of sp³-hybridized carbons (Fsp3) is 0.333. The molecular formula is C15H16N2OS2. The van der Waals surface area contributed by atoms with E-state index in [1.54, 1.807) is 17.5 Å². The molecule has 0 bridgehead atoms. The highest BCUT2D eigenvalue weighted by molar-refractivity contribution is 8.13. The maximum absolute atomic E-state index is 12.2. The smallest absolute Gasteiger partial charge is 0.281 e. The molecule has 1 amide bonds. The van der Waals surface area contributed by atoms with Crippen molar-refractivity contribution in [3.63, 3.8) is 0 Å². The number of nitrogens with zero attached hydrogens (tertiary/aromatic N) is 2. The molecule has 0 unspecified atom stereocenters. The van der Waals surface area contributed by atoms with E-state index in [0.29, 0.717) is 0 Å². The first kappa shape index (κ1) is 13.6. The molecule has 0 aliphatic carbocycles. The average molecular weight is 304 g/mol.